The third-order valence-electron chi connectivity index (χ3n) is 2.97. The van der Waals surface area contributed by atoms with Gasteiger partial charge in [-0.1, -0.05) is 6.07 Å². The first-order valence-corrected chi connectivity index (χ1v) is 6.02. The molecule has 0 spiro atoms. The molecule has 1 atom stereocenters. The molecule has 19 heavy (non-hydrogen) atoms. The van der Waals surface area contributed by atoms with E-state index in [0.29, 0.717) is 6.54 Å². The number of nitrogens with one attached hydrogen (secondary N) is 1. The van der Waals surface area contributed by atoms with E-state index >= 15 is 0 Å². The number of halogens is 1. The van der Waals surface area contributed by atoms with Crippen molar-refractivity contribution in [3.63, 3.8) is 0 Å². The molecule has 0 aliphatic heterocycles. The highest BCUT2D eigenvalue weighted by Crippen LogP contribution is 2.13. The van der Waals surface area contributed by atoms with Crippen molar-refractivity contribution in [2.24, 2.45) is 0 Å². The maximum absolute atomic E-state index is 13.2. The lowest BCUT2D eigenvalue weighted by atomic mass is 10.1. The number of benzene rings is 1. The lowest BCUT2D eigenvalue weighted by Gasteiger charge is -2.14. The van der Waals surface area contributed by atoms with Gasteiger partial charge in [0.1, 0.15) is 11.9 Å². The van der Waals surface area contributed by atoms with Crippen LogP contribution in [0.4, 0.5) is 4.39 Å². The Balaban J connectivity index is 2.01. The van der Waals surface area contributed by atoms with Crippen molar-refractivity contribution in [2.45, 2.75) is 19.5 Å². The largest absolute Gasteiger partial charge is 0.306 e. The minimum atomic E-state index is -0.478. The van der Waals surface area contributed by atoms with Crippen LogP contribution in [0.25, 0.3) is 0 Å². The Morgan fingerprint density at radius 1 is 1.32 bits per heavy atom. The zero-order valence-electron chi connectivity index (χ0n) is 10.6. The molecule has 0 aliphatic carbocycles. The molecular weight excluding hydrogens is 241 g/mol. The van der Waals surface area contributed by atoms with Crippen LogP contribution < -0.4 is 5.32 Å². The molecule has 2 aromatic rings. The second-order valence-corrected chi connectivity index (χ2v) is 4.31. The third-order valence-corrected chi connectivity index (χ3v) is 2.97. The Morgan fingerprint density at radius 2 is 2.05 bits per heavy atom. The van der Waals surface area contributed by atoms with Gasteiger partial charge in [0, 0.05) is 25.0 Å². The molecule has 0 amide bonds. The quantitative estimate of drug-likeness (QED) is 0.913. The molecule has 0 radical (unpaired) electrons. The molecule has 1 aromatic carbocycles. The van der Waals surface area contributed by atoms with Crippen molar-refractivity contribution in [3.8, 4) is 6.07 Å². The van der Waals surface area contributed by atoms with Crippen LogP contribution in [0.15, 0.2) is 42.7 Å². The Bertz CT molecular complexity index is 590. The smallest absolute Gasteiger partial charge is 0.140 e. The van der Waals surface area contributed by atoms with Gasteiger partial charge < -0.3 is 5.32 Å². The van der Waals surface area contributed by atoms with E-state index in [4.69, 9.17) is 5.26 Å². The third kappa shape index (κ3) is 3.36. The summed E-state index contributed by atoms with van der Waals surface area (Å²) in [7, 11) is 0. The van der Waals surface area contributed by atoms with Gasteiger partial charge >= 0.3 is 0 Å². The summed E-state index contributed by atoms with van der Waals surface area (Å²) in [5.74, 6) is -0.478. The number of rotatable bonds is 4. The zero-order valence-corrected chi connectivity index (χ0v) is 10.6. The van der Waals surface area contributed by atoms with Gasteiger partial charge in [-0.05, 0) is 42.3 Å². The fourth-order valence-electron chi connectivity index (χ4n) is 1.81. The summed E-state index contributed by atoms with van der Waals surface area (Å²) in [4.78, 5) is 3.97. The molecule has 96 valence electrons. The number of aromatic nitrogens is 1. The van der Waals surface area contributed by atoms with Crippen LogP contribution in [-0.2, 0) is 6.54 Å². The normalized spacial score (nSPS) is 11.8. The van der Waals surface area contributed by atoms with Crippen LogP contribution >= 0.6 is 0 Å². The molecule has 1 N–H and O–H groups in total. The van der Waals surface area contributed by atoms with Crippen LogP contribution in [-0.4, -0.2) is 4.98 Å². The highest BCUT2D eigenvalue weighted by Gasteiger charge is 2.06. The first-order chi connectivity index (χ1) is 9.20. The second-order valence-electron chi connectivity index (χ2n) is 4.31. The van der Waals surface area contributed by atoms with Gasteiger partial charge in [-0.15, -0.1) is 0 Å². The maximum atomic E-state index is 13.2. The monoisotopic (exact) mass is 255 g/mol. The van der Waals surface area contributed by atoms with Crippen molar-refractivity contribution in [2.75, 3.05) is 0 Å². The average Bonchev–Trinajstić information content (AvgIpc) is 2.47. The summed E-state index contributed by atoms with van der Waals surface area (Å²) in [6.07, 6.45) is 3.50. The molecule has 2 rings (SSSR count). The summed E-state index contributed by atoms with van der Waals surface area (Å²) in [6.45, 7) is 2.63. The Labute approximate surface area is 111 Å². The molecule has 0 unspecified atom stereocenters. The van der Waals surface area contributed by atoms with Crippen LogP contribution in [0.3, 0.4) is 0 Å². The van der Waals surface area contributed by atoms with E-state index in [-0.39, 0.29) is 11.6 Å². The Kier molecular flexibility index (Phi) is 4.22. The topological polar surface area (TPSA) is 48.7 Å². The summed E-state index contributed by atoms with van der Waals surface area (Å²) in [6, 6.07) is 10.5. The lowest BCUT2D eigenvalue weighted by molar-refractivity contribution is 0.572. The van der Waals surface area contributed by atoms with E-state index in [9.17, 15) is 4.39 Å². The standard InChI is InChI=1S/C15H14FN3/c1-11(13-4-6-18-7-5-13)19-10-12-2-3-15(16)14(8-12)9-17/h2-8,11,19H,10H2,1H3/t11-/m1/s1. The Morgan fingerprint density at radius 3 is 2.74 bits per heavy atom. The van der Waals surface area contributed by atoms with E-state index in [0.717, 1.165) is 11.1 Å². The highest BCUT2D eigenvalue weighted by atomic mass is 19.1. The van der Waals surface area contributed by atoms with E-state index in [2.05, 4.69) is 10.3 Å². The molecule has 3 nitrogen and oxygen atoms in total. The number of pyridine rings is 1. The van der Waals surface area contributed by atoms with E-state index in [1.54, 1.807) is 24.5 Å². The van der Waals surface area contributed by atoms with Gasteiger partial charge in [-0.3, -0.25) is 4.98 Å². The predicted molar refractivity (Wildman–Crippen MR) is 70.6 cm³/mol. The molecule has 0 fully saturated rings. The number of nitriles is 1. The van der Waals surface area contributed by atoms with E-state index in [1.165, 1.54) is 6.07 Å². The fourth-order valence-corrected chi connectivity index (χ4v) is 1.81. The van der Waals surface area contributed by atoms with E-state index in [1.807, 2.05) is 25.1 Å². The molecule has 0 saturated heterocycles. The van der Waals surface area contributed by atoms with Gasteiger partial charge in [0.25, 0.3) is 0 Å². The summed E-state index contributed by atoms with van der Waals surface area (Å²) in [5, 5.41) is 12.1. The zero-order chi connectivity index (χ0) is 13.7. The summed E-state index contributed by atoms with van der Waals surface area (Å²) >= 11 is 0. The van der Waals surface area contributed by atoms with Crippen molar-refractivity contribution < 1.29 is 4.39 Å². The second kappa shape index (κ2) is 6.07. The minimum Gasteiger partial charge on any atom is -0.306 e. The van der Waals surface area contributed by atoms with E-state index < -0.39 is 5.82 Å². The molecule has 1 aromatic heterocycles. The lowest BCUT2D eigenvalue weighted by Crippen LogP contribution is -2.18. The average molecular weight is 255 g/mol. The summed E-state index contributed by atoms with van der Waals surface area (Å²) in [5.41, 5.74) is 2.10. The number of hydrogen-bond acceptors (Lipinski definition) is 3. The van der Waals surface area contributed by atoms with Gasteiger partial charge in [0.15, 0.2) is 0 Å². The van der Waals surface area contributed by atoms with Gasteiger partial charge in [0.2, 0.25) is 0 Å². The predicted octanol–water partition coefficient (Wildman–Crippen LogP) is 2.94. The van der Waals surface area contributed by atoms with Crippen molar-refractivity contribution in [1.29, 1.82) is 5.26 Å². The van der Waals surface area contributed by atoms with Crippen LogP contribution in [0, 0.1) is 17.1 Å². The Hall–Kier alpha value is -2.25. The van der Waals surface area contributed by atoms with Gasteiger partial charge in [-0.2, -0.15) is 5.26 Å². The molecular formula is C15H14FN3. The van der Waals surface area contributed by atoms with Crippen molar-refractivity contribution in [3.05, 3.63) is 65.2 Å². The van der Waals surface area contributed by atoms with Crippen molar-refractivity contribution >= 4 is 0 Å². The maximum Gasteiger partial charge on any atom is 0.140 e. The first kappa shape index (κ1) is 13.2. The molecule has 0 saturated carbocycles. The number of hydrogen-bond donors (Lipinski definition) is 1. The minimum absolute atomic E-state index is 0.0795. The molecule has 0 bridgehead atoms. The first-order valence-electron chi connectivity index (χ1n) is 6.02. The van der Waals surface area contributed by atoms with Crippen LogP contribution in [0.5, 0.6) is 0 Å². The van der Waals surface area contributed by atoms with Gasteiger partial charge in [-0.25, -0.2) is 4.39 Å². The number of nitrogens with zero attached hydrogens (tertiary/aromatic N) is 2. The molecule has 1 heterocycles. The SMILES string of the molecule is C[C@@H](NCc1ccc(F)c(C#N)c1)c1ccncc1. The molecule has 0 aliphatic rings. The van der Waals surface area contributed by atoms with Crippen LogP contribution in [0.2, 0.25) is 0 Å². The summed E-state index contributed by atoms with van der Waals surface area (Å²) < 4.78 is 13.2. The van der Waals surface area contributed by atoms with Crippen LogP contribution in [0.1, 0.15) is 29.7 Å². The van der Waals surface area contributed by atoms with Gasteiger partial charge in [0.05, 0.1) is 5.56 Å². The molecule has 4 heteroatoms. The highest BCUT2D eigenvalue weighted by molar-refractivity contribution is 5.34. The van der Waals surface area contributed by atoms with Crippen molar-refractivity contribution in [1.82, 2.24) is 10.3 Å². The fraction of sp³-hybridized carbons (Fsp3) is 0.200.